The molecule has 25 heavy (non-hydrogen) atoms. The zero-order valence-electron chi connectivity index (χ0n) is 13.5. The van der Waals surface area contributed by atoms with Crippen LogP contribution in [0.5, 0.6) is 0 Å². The molecule has 2 heterocycles. The van der Waals surface area contributed by atoms with Gasteiger partial charge < -0.3 is 4.90 Å². The van der Waals surface area contributed by atoms with Crippen molar-refractivity contribution in [3.8, 4) is 11.3 Å². The molecule has 0 fully saturated rings. The molecule has 1 amide bonds. The molecular formula is C19H17N3O2S. The second-order valence-electron chi connectivity index (χ2n) is 5.87. The van der Waals surface area contributed by atoms with E-state index in [0.717, 1.165) is 35.8 Å². The fourth-order valence-corrected chi connectivity index (χ4v) is 4.17. The number of hydroxylamine groups is 1. The molecular weight excluding hydrogens is 334 g/mol. The number of nitrogens with zero attached hydrogens (tertiary/aromatic N) is 2. The van der Waals surface area contributed by atoms with Crippen LogP contribution < -0.4 is 10.4 Å². The molecule has 0 unspecified atom stereocenters. The summed E-state index contributed by atoms with van der Waals surface area (Å²) in [6.45, 7) is 0.860. The second-order valence-corrected chi connectivity index (χ2v) is 6.84. The van der Waals surface area contributed by atoms with E-state index in [1.54, 1.807) is 5.48 Å². The van der Waals surface area contributed by atoms with Crippen LogP contribution in [0.15, 0.2) is 54.6 Å². The third-order valence-corrected chi connectivity index (χ3v) is 5.39. The van der Waals surface area contributed by atoms with Crippen LogP contribution in [0.4, 0.5) is 10.8 Å². The smallest absolute Gasteiger partial charge is 0.287 e. The summed E-state index contributed by atoms with van der Waals surface area (Å²) in [6, 6.07) is 17.8. The summed E-state index contributed by atoms with van der Waals surface area (Å²) >= 11 is 1.30. The molecule has 0 radical (unpaired) electrons. The van der Waals surface area contributed by atoms with E-state index in [2.05, 4.69) is 17.0 Å². The largest absolute Gasteiger partial charge is 0.318 e. The topological polar surface area (TPSA) is 65.5 Å². The highest BCUT2D eigenvalue weighted by atomic mass is 32.1. The Balaban J connectivity index is 1.82. The first-order valence-electron chi connectivity index (χ1n) is 8.14. The molecule has 126 valence electrons. The van der Waals surface area contributed by atoms with Gasteiger partial charge in [0, 0.05) is 17.8 Å². The Morgan fingerprint density at radius 3 is 2.68 bits per heavy atom. The molecule has 0 spiro atoms. The summed E-state index contributed by atoms with van der Waals surface area (Å²) in [4.78, 5) is 19.5. The van der Waals surface area contributed by atoms with Crippen LogP contribution in [-0.2, 0) is 6.42 Å². The number of fused-ring (bicyclic) bond motifs is 1. The molecule has 5 nitrogen and oxygen atoms in total. The van der Waals surface area contributed by atoms with E-state index in [4.69, 9.17) is 10.2 Å². The number of aryl methyl sites for hydroxylation is 1. The fraction of sp³-hybridized carbons (Fsp3) is 0.158. The van der Waals surface area contributed by atoms with Gasteiger partial charge in [0.2, 0.25) is 0 Å². The van der Waals surface area contributed by atoms with Gasteiger partial charge >= 0.3 is 0 Å². The average molecular weight is 351 g/mol. The van der Waals surface area contributed by atoms with Gasteiger partial charge in [-0.2, -0.15) is 0 Å². The van der Waals surface area contributed by atoms with Gasteiger partial charge in [0.1, 0.15) is 4.88 Å². The van der Waals surface area contributed by atoms with E-state index >= 15 is 0 Å². The lowest BCUT2D eigenvalue weighted by Crippen LogP contribution is -2.24. The van der Waals surface area contributed by atoms with Crippen molar-refractivity contribution in [3.05, 3.63) is 65.0 Å². The van der Waals surface area contributed by atoms with E-state index in [9.17, 15) is 4.79 Å². The zero-order valence-corrected chi connectivity index (χ0v) is 14.3. The van der Waals surface area contributed by atoms with Gasteiger partial charge in [-0.05, 0) is 24.5 Å². The Labute approximate surface area is 149 Å². The highest BCUT2D eigenvalue weighted by Gasteiger charge is 2.25. The third kappa shape index (κ3) is 2.90. The number of amides is 1. The van der Waals surface area contributed by atoms with Gasteiger partial charge in [0.15, 0.2) is 5.13 Å². The van der Waals surface area contributed by atoms with Crippen molar-refractivity contribution in [1.29, 1.82) is 0 Å². The van der Waals surface area contributed by atoms with Gasteiger partial charge in [-0.3, -0.25) is 10.0 Å². The Morgan fingerprint density at radius 1 is 1.12 bits per heavy atom. The van der Waals surface area contributed by atoms with Gasteiger partial charge in [0.25, 0.3) is 5.91 Å². The predicted molar refractivity (Wildman–Crippen MR) is 98.6 cm³/mol. The summed E-state index contributed by atoms with van der Waals surface area (Å²) in [5.74, 6) is -0.534. The van der Waals surface area contributed by atoms with Crippen molar-refractivity contribution in [1.82, 2.24) is 10.5 Å². The normalized spacial score (nSPS) is 13.4. The van der Waals surface area contributed by atoms with Crippen LogP contribution >= 0.6 is 11.3 Å². The van der Waals surface area contributed by atoms with Crippen molar-refractivity contribution >= 4 is 28.1 Å². The Morgan fingerprint density at radius 2 is 1.88 bits per heavy atom. The van der Waals surface area contributed by atoms with Crippen LogP contribution in [0.1, 0.15) is 21.7 Å². The number of aromatic nitrogens is 1. The molecule has 0 saturated carbocycles. The van der Waals surface area contributed by atoms with E-state index in [1.807, 2.05) is 42.5 Å². The van der Waals surface area contributed by atoms with Crippen LogP contribution in [0, 0.1) is 0 Å². The van der Waals surface area contributed by atoms with Crippen LogP contribution in [0.3, 0.4) is 0 Å². The van der Waals surface area contributed by atoms with Crippen LogP contribution in [0.2, 0.25) is 0 Å². The first-order chi connectivity index (χ1) is 12.3. The highest BCUT2D eigenvalue weighted by Crippen LogP contribution is 2.39. The maximum absolute atomic E-state index is 12.1. The summed E-state index contributed by atoms with van der Waals surface area (Å²) in [5.41, 5.74) is 5.62. The molecule has 6 heteroatoms. The molecule has 0 aliphatic carbocycles. The number of para-hydroxylation sites is 1. The Kier molecular flexibility index (Phi) is 4.21. The van der Waals surface area contributed by atoms with Gasteiger partial charge in [-0.1, -0.05) is 59.9 Å². The number of hydrogen-bond donors (Lipinski definition) is 2. The maximum atomic E-state index is 12.1. The van der Waals surface area contributed by atoms with Gasteiger partial charge in [-0.15, -0.1) is 0 Å². The monoisotopic (exact) mass is 351 g/mol. The SMILES string of the molecule is O=C(NO)c1sc(N2CCCc3ccccc32)nc1-c1ccccc1. The Bertz CT molecular complexity index is 908. The molecule has 1 aliphatic heterocycles. The molecule has 2 aromatic carbocycles. The van der Waals surface area contributed by atoms with Crippen molar-refractivity contribution in [2.45, 2.75) is 12.8 Å². The van der Waals surface area contributed by atoms with E-state index in [-0.39, 0.29) is 0 Å². The summed E-state index contributed by atoms with van der Waals surface area (Å²) in [7, 11) is 0. The lowest BCUT2D eigenvalue weighted by Gasteiger charge is -2.28. The minimum absolute atomic E-state index is 0.409. The lowest BCUT2D eigenvalue weighted by molar-refractivity contribution is 0.0711. The van der Waals surface area contributed by atoms with Crippen molar-refractivity contribution in [2.24, 2.45) is 0 Å². The molecule has 0 atom stereocenters. The van der Waals surface area contributed by atoms with Gasteiger partial charge in [-0.25, -0.2) is 10.5 Å². The number of anilines is 2. The summed E-state index contributed by atoms with van der Waals surface area (Å²) < 4.78 is 0. The quantitative estimate of drug-likeness (QED) is 0.553. The standard InChI is InChI=1S/C19H17N3O2S/c23-18(21-24)17-16(14-8-2-1-3-9-14)20-19(25-17)22-12-6-10-13-7-4-5-11-15(13)22/h1-5,7-9,11,24H,6,10,12H2,(H,21,23). The molecule has 3 aromatic rings. The van der Waals surface area contributed by atoms with Crippen molar-refractivity contribution in [3.63, 3.8) is 0 Å². The average Bonchev–Trinajstić information content (AvgIpc) is 3.13. The number of benzene rings is 2. The number of thiazole rings is 1. The molecule has 4 rings (SSSR count). The van der Waals surface area contributed by atoms with Crippen LogP contribution in [-0.4, -0.2) is 22.6 Å². The Hall–Kier alpha value is -2.70. The van der Waals surface area contributed by atoms with E-state index in [0.29, 0.717) is 10.6 Å². The molecule has 2 N–H and O–H groups in total. The minimum atomic E-state index is -0.534. The number of carbonyl (C=O) groups excluding carboxylic acids is 1. The van der Waals surface area contributed by atoms with E-state index < -0.39 is 5.91 Å². The molecule has 1 aliphatic rings. The first kappa shape index (κ1) is 15.8. The first-order valence-corrected chi connectivity index (χ1v) is 8.95. The molecule has 0 bridgehead atoms. The fourth-order valence-electron chi connectivity index (χ4n) is 3.15. The van der Waals surface area contributed by atoms with E-state index in [1.165, 1.54) is 16.9 Å². The summed E-state index contributed by atoms with van der Waals surface area (Å²) in [5, 5.41) is 9.87. The van der Waals surface area contributed by atoms with Crippen LogP contribution in [0.25, 0.3) is 11.3 Å². The number of rotatable bonds is 3. The number of hydrogen-bond acceptors (Lipinski definition) is 5. The third-order valence-electron chi connectivity index (χ3n) is 4.31. The summed E-state index contributed by atoms with van der Waals surface area (Å²) in [6.07, 6.45) is 2.09. The maximum Gasteiger partial charge on any atom is 0.287 e. The highest BCUT2D eigenvalue weighted by molar-refractivity contribution is 7.18. The molecule has 0 saturated heterocycles. The number of carbonyl (C=O) groups is 1. The lowest BCUT2D eigenvalue weighted by atomic mass is 10.0. The van der Waals surface area contributed by atoms with Crippen molar-refractivity contribution in [2.75, 3.05) is 11.4 Å². The van der Waals surface area contributed by atoms with Crippen molar-refractivity contribution < 1.29 is 10.0 Å². The number of nitrogens with one attached hydrogen (secondary N) is 1. The zero-order chi connectivity index (χ0) is 17.2. The second kappa shape index (κ2) is 6.66. The molecule has 1 aromatic heterocycles. The minimum Gasteiger partial charge on any atom is -0.318 e. The predicted octanol–water partition coefficient (Wildman–Crippen LogP) is 4.01. The van der Waals surface area contributed by atoms with Gasteiger partial charge in [0.05, 0.1) is 5.69 Å².